The molecule has 2 nitrogen and oxygen atoms in total. The fourth-order valence-corrected chi connectivity index (χ4v) is 1.03. The molecule has 0 aromatic carbocycles. The van der Waals surface area contributed by atoms with Crippen molar-refractivity contribution in [3.8, 4) is 0 Å². The SMILES string of the molecule is Cc1c(Cl)c[n+](O)cc1Cl. The first-order valence-corrected chi connectivity index (χ1v) is 3.43. The Morgan fingerprint density at radius 3 is 2.10 bits per heavy atom. The van der Waals surface area contributed by atoms with Crippen LogP contribution in [0.15, 0.2) is 12.4 Å². The molecule has 1 N–H and O–H groups in total. The van der Waals surface area contributed by atoms with Crippen molar-refractivity contribution < 1.29 is 9.94 Å². The molecule has 0 amide bonds. The van der Waals surface area contributed by atoms with Crippen LogP contribution >= 0.6 is 23.2 Å². The van der Waals surface area contributed by atoms with Crippen LogP contribution in [-0.2, 0) is 0 Å². The Labute approximate surface area is 68.6 Å². The lowest BCUT2D eigenvalue weighted by Crippen LogP contribution is -2.28. The summed E-state index contributed by atoms with van der Waals surface area (Å²) >= 11 is 11.3. The topological polar surface area (TPSA) is 24.1 Å². The third-order valence-corrected chi connectivity index (χ3v) is 1.97. The van der Waals surface area contributed by atoms with E-state index in [-0.39, 0.29) is 0 Å². The Balaban J connectivity index is 3.31. The van der Waals surface area contributed by atoms with E-state index in [2.05, 4.69) is 0 Å². The largest absolute Gasteiger partial charge is 0.285 e. The molecule has 0 radical (unpaired) electrons. The van der Waals surface area contributed by atoms with Crippen molar-refractivity contribution in [1.82, 2.24) is 0 Å². The van der Waals surface area contributed by atoms with Crippen LogP contribution in [0.1, 0.15) is 5.56 Å². The molecule has 1 aromatic rings. The van der Waals surface area contributed by atoms with Gasteiger partial charge in [0.2, 0.25) is 12.4 Å². The van der Waals surface area contributed by atoms with Crippen LogP contribution in [0, 0.1) is 6.92 Å². The highest BCUT2D eigenvalue weighted by molar-refractivity contribution is 6.35. The van der Waals surface area contributed by atoms with E-state index in [4.69, 9.17) is 28.4 Å². The molecule has 1 aromatic heterocycles. The molecule has 0 unspecified atom stereocenters. The first-order chi connectivity index (χ1) is 4.61. The molecule has 0 atom stereocenters. The van der Waals surface area contributed by atoms with Crippen LogP contribution in [0.2, 0.25) is 10.0 Å². The number of rotatable bonds is 0. The van der Waals surface area contributed by atoms with Gasteiger partial charge in [0.05, 0.1) is 0 Å². The maximum atomic E-state index is 8.87. The Hall–Kier alpha value is -0.470. The second-order valence-electron chi connectivity index (χ2n) is 1.96. The van der Waals surface area contributed by atoms with E-state index in [1.807, 2.05) is 0 Å². The smallest absolute Gasteiger partial charge is 0.241 e. The maximum Gasteiger partial charge on any atom is 0.241 e. The summed E-state index contributed by atoms with van der Waals surface area (Å²) in [5.41, 5.74) is 0.772. The Kier molecular flexibility index (Phi) is 2.02. The Morgan fingerprint density at radius 2 is 1.70 bits per heavy atom. The summed E-state index contributed by atoms with van der Waals surface area (Å²) in [5, 5.41) is 9.77. The highest BCUT2D eigenvalue weighted by Crippen LogP contribution is 2.19. The minimum absolute atomic E-state index is 0.454. The number of aromatic nitrogens is 1. The molecule has 0 aliphatic rings. The molecule has 1 rings (SSSR count). The van der Waals surface area contributed by atoms with E-state index in [0.717, 1.165) is 10.3 Å². The summed E-state index contributed by atoms with van der Waals surface area (Å²) in [5.74, 6) is 0. The van der Waals surface area contributed by atoms with Gasteiger partial charge >= 0.3 is 0 Å². The zero-order valence-electron chi connectivity index (χ0n) is 5.31. The number of nitrogens with zero attached hydrogens (tertiary/aromatic N) is 1. The standard InChI is InChI=1S/C6H6Cl2NO/c1-4-5(7)2-9(10)3-6(4)8/h2-3,10H,1H3/q+1. The molecule has 0 spiro atoms. The van der Waals surface area contributed by atoms with E-state index in [1.165, 1.54) is 12.4 Å². The molecule has 10 heavy (non-hydrogen) atoms. The molecule has 54 valence electrons. The lowest BCUT2D eigenvalue weighted by molar-refractivity contribution is -0.904. The van der Waals surface area contributed by atoms with Gasteiger partial charge in [-0.3, -0.25) is 5.21 Å². The molecular formula is C6H6Cl2NO+. The maximum absolute atomic E-state index is 8.87. The monoisotopic (exact) mass is 178 g/mol. The fourth-order valence-electron chi connectivity index (χ4n) is 0.577. The zero-order chi connectivity index (χ0) is 7.72. The number of hydrogen-bond acceptors (Lipinski definition) is 1. The van der Waals surface area contributed by atoms with Crippen LogP contribution in [0.3, 0.4) is 0 Å². The van der Waals surface area contributed by atoms with Gasteiger partial charge in [-0.15, -0.1) is 0 Å². The molecule has 0 saturated carbocycles. The van der Waals surface area contributed by atoms with Crippen molar-refractivity contribution in [2.75, 3.05) is 0 Å². The van der Waals surface area contributed by atoms with Gasteiger partial charge in [0, 0.05) is 4.73 Å². The van der Waals surface area contributed by atoms with Crippen molar-refractivity contribution in [1.29, 1.82) is 0 Å². The van der Waals surface area contributed by atoms with Gasteiger partial charge < -0.3 is 0 Å². The van der Waals surface area contributed by atoms with Crippen LogP contribution in [-0.4, -0.2) is 5.21 Å². The summed E-state index contributed by atoms with van der Waals surface area (Å²) in [7, 11) is 0. The third-order valence-electron chi connectivity index (χ3n) is 1.21. The van der Waals surface area contributed by atoms with Crippen molar-refractivity contribution >= 4 is 23.2 Å². The second kappa shape index (κ2) is 2.64. The minimum Gasteiger partial charge on any atom is -0.285 e. The average Bonchev–Trinajstić information content (AvgIpc) is 1.82. The molecule has 0 fully saturated rings. The summed E-state index contributed by atoms with van der Waals surface area (Å²) in [6.07, 6.45) is 2.76. The predicted octanol–water partition coefficient (Wildman–Crippen LogP) is 1.83. The van der Waals surface area contributed by atoms with Gasteiger partial charge in [0.25, 0.3) is 0 Å². The molecule has 0 saturated heterocycles. The first kappa shape index (κ1) is 7.63. The normalized spacial score (nSPS) is 9.90. The van der Waals surface area contributed by atoms with Gasteiger partial charge in [0.1, 0.15) is 10.0 Å². The summed E-state index contributed by atoms with van der Waals surface area (Å²) < 4.78 is 0.831. The lowest BCUT2D eigenvalue weighted by Gasteiger charge is -1.93. The summed E-state index contributed by atoms with van der Waals surface area (Å²) in [6.45, 7) is 1.78. The van der Waals surface area contributed by atoms with Gasteiger partial charge in [-0.1, -0.05) is 23.2 Å². The van der Waals surface area contributed by atoms with E-state index in [9.17, 15) is 0 Å². The first-order valence-electron chi connectivity index (χ1n) is 2.67. The average molecular weight is 179 g/mol. The van der Waals surface area contributed by atoms with Crippen LogP contribution < -0.4 is 4.73 Å². The second-order valence-corrected chi connectivity index (χ2v) is 2.77. The van der Waals surface area contributed by atoms with Crippen LogP contribution in [0.5, 0.6) is 0 Å². The zero-order valence-corrected chi connectivity index (χ0v) is 6.82. The Morgan fingerprint density at radius 1 is 1.30 bits per heavy atom. The van der Waals surface area contributed by atoms with E-state index in [0.29, 0.717) is 10.0 Å². The molecule has 1 heterocycles. The molecule has 0 aliphatic carbocycles. The third kappa shape index (κ3) is 1.33. The Bertz CT molecular complexity index is 239. The highest BCUT2D eigenvalue weighted by Gasteiger charge is 2.08. The molecule has 4 heteroatoms. The van der Waals surface area contributed by atoms with E-state index in [1.54, 1.807) is 6.92 Å². The molecule has 0 aliphatic heterocycles. The van der Waals surface area contributed by atoms with Crippen LogP contribution in [0.25, 0.3) is 0 Å². The van der Waals surface area contributed by atoms with Crippen molar-refractivity contribution in [2.45, 2.75) is 6.92 Å². The quantitative estimate of drug-likeness (QED) is 0.476. The van der Waals surface area contributed by atoms with Crippen LogP contribution in [0.4, 0.5) is 0 Å². The number of pyridine rings is 1. The van der Waals surface area contributed by atoms with Crippen molar-refractivity contribution in [3.63, 3.8) is 0 Å². The van der Waals surface area contributed by atoms with Gasteiger partial charge in [-0.25, -0.2) is 0 Å². The number of halogens is 2. The molecule has 0 bridgehead atoms. The van der Waals surface area contributed by atoms with Gasteiger partial charge in [-0.2, -0.15) is 0 Å². The van der Waals surface area contributed by atoms with Gasteiger partial charge in [-0.05, 0) is 12.5 Å². The molecular weight excluding hydrogens is 173 g/mol. The highest BCUT2D eigenvalue weighted by atomic mass is 35.5. The number of hydrogen-bond donors (Lipinski definition) is 1. The summed E-state index contributed by atoms with van der Waals surface area (Å²) in [4.78, 5) is 0. The lowest BCUT2D eigenvalue weighted by atomic mass is 10.3. The van der Waals surface area contributed by atoms with Crippen molar-refractivity contribution in [2.24, 2.45) is 0 Å². The predicted molar refractivity (Wildman–Crippen MR) is 38.6 cm³/mol. The van der Waals surface area contributed by atoms with Crippen molar-refractivity contribution in [3.05, 3.63) is 28.0 Å². The van der Waals surface area contributed by atoms with E-state index < -0.39 is 0 Å². The van der Waals surface area contributed by atoms with Gasteiger partial charge in [0.15, 0.2) is 0 Å². The van der Waals surface area contributed by atoms with E-state index >= 15 is 0 Å². The minimum atomic E-state index is 0.454. The summed E-state index contributed by atoms with van der Waals surface area (Å²) in [6, 6.07) is 0. The fraction of sp³-hybridized carbons (Fsp3) is 0.167.